The minimum absolute atomic E-state index is 0. The molecule has 100 valence electrons. The van der Waals surface area contributed by atoms with Gasteiger partial charge in [-0.05, 0) is 20.8 Å². The number of amides is 1. The Labute approximate surface area is 98.9 Å². The molecule has 0 radical (unpaired) electrons. The normalized spacial score (nSPS) is 11.6. The van der Waals surface area contributed by atoms with E-state index in [1.807, 2.05) is 0 Å². The quantitative estimate of drug-likeness (QED) is 0.641. The van der Waals surface area contributed by atoms with Crippen LogP contribution in [0.25, 0.3) is 0 Å². The van der Waals surface area contributed by atoms with Gasteiger partial charge in [0.25, 0.3) is 0 Å². The second-order valence-electron chi connectivity index (χ2n) is 3.13. The van der Waals surface area contributed by atoms with E-state index >= 15 is 0 Å². The van der Waals surface area contributed by atoms with Crippen LogP contribution in [-0.4, -0.2) is 34.2 Å². The molecule has 0 fully saturated rings. The van der Waals surface area contributed by atoms with Crippen LogP contribution in [0.2, 0.25) is 0 Å². The lowest BCUT2D eigenvalue weighted by Crippen LogP contribution is -2.29. The van der Waals surface area contributed by atoms with Gasteiger partial charge in [-0.1, -0.05) is 14.9 Å². The minimum Gasteiger partial charge on any atom is -0.393 e. The number of Topliss-reactive ketones (excluding diaryl/α,β-unsaturated/α-hetero) is 1. The number of nitrogens with one attached hydrogen (secondary N) is 1. The van der Waals surface area contributed by atoms with Crippen molar-refractivity contribution in [3.63, 3.8) is 0 Å². The molecule has 0 spiro atoms. The third-order valence-electron chi connectivity index (χ3n) is 0.995. The van der Waals surface area contributed by atoms with E-state index < -0.39 is 12.3 Å². The first kappa shape index (κ1) is 24.3. The third kappa shape index (κ3) is 38.1. The molecule has 0 aliphatic heterocycles. The van der Waals surface area contributed by atoms with Gasteiger partial charge >= 0.3 is 0 Å². The zero-order chi connectivity index (χ0) is 11.7. The van der Waals surface area contributed by atoms with E-state index in [0.717, 1.165) is 0 Å². The van der Waals surface area contributed by atoms with Crippen molar-refractivity contribution in [2.24, 2.45) is 0 Å². The fourth-order valence-electron chi connectivity index (χ4n) is 0.710. The number of carbonyl (C=O) groups excluding carboxylic acids is 2. The molecule has 5 heteroatoms. The van der Waals surface area contributed by atoms with E-state index in [1.54, 1.807) is 6.92 Å². The molecule has 3 N–H and O–H groups in total. The lowest BCUT2D eigenvalue weighted by molar-refractivity contribution is -0.121. The van der Waals surface area contributed by atoms with Crippen LogP contribution < -0.4 is 5.32 Å². The molecule has 0 aromatic heterocycles. The molecule has 0 aliphatic rings. The molecule has 0 aromatic rings. The van der Waals surface area contributed by atoms with Crippen LogP contribution in [0, 0.1) is 0 Å². The molecule has 0 aliphatic carbocycles. The molecule has 2 unspecified atom stereocenters. The first-order valence-corrected chi connectivity index (χ1v) is 4.38. The highest BCUT2D eigenvalue weighted by Crippen LogP contribution is 1.87. The highest BCUT2D eigenvalue weighted by atomic mass is 16.3. The smallest absolute Gasteiger partial charge is 0.218 e. The Balaban J connectivity index is -0.0000000800. The predicted molar refractivity (Wildman–Crippen MR) is 65.9 cm³/mol. The Hall–Kier alpha value is -0.940. The summed E-state index contributed by atoms with van der Waals surface area (Å²) in [5.41, 5.74) is 0. The average Bonchev–Trinajstić information content (AvgIpc) is 1.79. The first-order chi connectivity index (χ1) is 6.25. The number of rotatable bonds is 3. The van der Waals surface area contributed by atoms with Crippen molar-refractivity contribution in [1.29, 1.82) is 0 Å². The van der Waals surface area contributed by atoms with Gasteiger partial charge in [0.2, 0.25) is 5.91 Å². The molecule has 0 heterocycles. The van der Waals surface area contributed by atoms with Gasteiger partial charge in [0.05, 0.1) is 6.10 Å². The Morgan fingerprint density at radius 3 is 1.50 bits per heavy atom. The summed E-state index contributed by atoms with van der Waals surface area (Å²) in [4.78, 5) is 20.1. The number of aliphatic hydroxyl groups is 2. The van der Waals surface area contributed by atoms with E-state index in [2.05, 4.69) is 5.32 Å². The summed E-state index contributed by atoms with van der Waals surface area (Å²) < 4.78 is 0. The number of carbonyl (C=O) groups is 2. The average molecular weight is 237 g/mol. The van der Waals surface area contributed by atoms with E-state index in [9.17, 15) is 9.59 Å². The Morgan fingerprint density at radius 1 is 1.12 bits per heavy atom. The molecule has 0 aromatic carbocycles. The summed E-state index contributed by atoms with van der Waals surface area (Å²) in [7, 11) is 0. The minimum atomic E-state index is -0.725. The van der Waals surface area contributed by atoms with E-state index in [4.69, 9.17) is 10.2 Å². The van der Waals surface area contributed by atoms with Crippen molar-refractivity contribution in [2.75, 3.05) is 0 Å². The van der Waals surface area contributed by atoms with Crippen LogP contribution in [0.3, 0.4) is 0 Å². The van der Waals surface area contributed by atoms with Crippen LogP contribution in [0.1, 0.15) is 49.0 Å². The van der Waals surface area contributed by atoms with Crippen molar-refractivity contribution in [1.82, 2.24) is 5.32 Å². The van der Waals surface area contributed by atoms with Gasteiger partial charge in [0.15, 0.2) is 0 Å². The molecule has 0 bridgehead atoms. The van der Waals surface area contributed by atoms with Gasteiger partial charge in [0, 0.05) is 13.3 Å². The lowest BCUT2D eigenvalue weighted by Gasteiger charge is -2.01. The van der Waals surface area contributed by atoms with Crippen LogP contribution in [0.5, 0.6) is 0 Å². The third-order valence-corrected chi connectivity index (χ3v) is 0.995. The molecule has 0 rings (SSSR count). The Bertz CT molecular complexity index is 159. The number of ketones is 1. The fourth-order valence-corrected chi connectivity index (χ4v) is 0.710. The summed E-state index contributed by atoms with van der Waals surface area (Å²) in [6, 6.07) is 0. The maximum Gasteiger partial charge on any atom is 0.218 e. The van der Waals surface area contributed by atoms with E-state index in [0.29, 0.717) is 0 Å². The molecule has 2 atom stereocenters. The lowest BCUT2D eigenvalue weighted by atomic mass is 10.2. The van der Waals surface area contributed by atoms with Crippen molar-refractivity contribution < 1.29 is 19.8 Å². The molecule has 0 saturated heterocycles. The zero-order valence-electron chi connectivity index (χ0n) is 9.07. The Kier molecular flexibility index (Phi) is 21.4. The molecule has 0 saturated carbocycles. The summed E-state index contributed by atoms with van der Waals surface area (Å²) in [5.74, 6) is -0.176. The Morgan fingerprint density at radius 2 is 1.50 bits per heavy atom. The summed E-state index contributed by atoms with van der Waals surface area (Å²) in [6.07, 6.45) is -0.921. The van der Waals surface area contributed by atoms with Gasteiger partial charge in [0.1, 0.15) is 12.0 Å². The van der Waals surface area contributed by atoms with Gasteiger partial charge in [-0.25, -0.2) is 0 Å². The zero-order valence-corrected chi connectivity index (χ0v) is 9.07. The number of hydrogen-bond acceptors (Lipinski definition) is 4. The van der Waals surface area contributed by atoms with Gasteiger partial charge in [-0.15, -0.1) is 0 Å². The van der Waals surface area contributed by atoms with Crippen LogP contribution in [-0.2, 0) is 9.59 Å². The van der Waals surface area contributed by atoms with Crippen LogP contribution in [0.15, 0.2) is 0 Å². The molecular formula is C11H27NO4. The van der Waals surface area contributed by atoms with E-state index in [1.165, 1.54) is 20.8 Å². The fraction of sp³-hybridized carbons (Fsp3) is 0.818. The SMILES string of the molecule is C.C.CC(=O)CC(C)O.CC(=O)NC(C)O. The van der Waals surface area contributed by atoms with Gasteiger partial charge in [-0.2, -0.15) is 0 Å². The monoisotopic (exact) mass is 237 g/mol. The predicted octanol–water partition coefficient (Wildman–Crippen LogP) is 1.08. The van der Waals surface area contributed by atoms with Crippen molar-refractivity contribution in [3.05, 3.63) is 0 Å². The maximum absolute atomic E-state index is 10.1. The maximum atomic E-state index is 10.1. The van der Waals surface area contributed by atoms with E-state index in [-0.39, 0.29) is 33.0 Å². The molecular weight excluding hydrogens is 210 g/mol. The second-order valence-corrected chi connectivity index (χ2v) is 3.13. The summed E-state index contributed by atoms with van der Waals surface area (Å²) in [6.45, 7) is 5.90. The highest BCUT2D eigenvalue weighted by Gasteiger charge is 1.97. The van der Waals surface area contributed by atoms with Crippen molar-refractivity contribution >= 4 is 11.7 Å². The van der Waals surface area contributed by atoms with Crippen LogP contribution in [0.4, 0.5) is 0 Å². The van der Waals surface area contributed by atoms with Crippen molar-refractivity contribution in [2.45, 2.75) is 61.3 Å². The van der Waals surface area contributed by atoms with Crippen LogP contribution >= 0.6 is 0 Å². The highest BCUT2D eigenvalue weighted by molar-refractivity contribution is 5.75. The number of hydrogen-bond donors (Lipinski definition) is 3. The second kappa shape index (κ2) is 14.1. The molecule has 16 heavy (non-hydrogen) atoms. The molecule has 1 amide bonds. The largest absolute Gasteiger partial charge is 0.393 e. The summed E-state index contributed by atoms with van der Waals surface area (Å²) in [5, 5.41) is 19.1. The first-order valence-electron chi connectivity index (χ1n) is 4.38. The van der Waals surface area contributed by atoms with Gasteiger partial charge in [-0.3, -0.25) is 9.59 Å². The standard InChI is InChI=1S/C5H10O2.C4H9NO2.2CH4/c1-4(6)3-5(2)7;1-3(6)5-4(2)7;;/h4,6H,3H2,1-2H3;3,6H,1-2H3,(H,5,7);2*1H4. The topological polar surface area (TPSA) is 86.6 Å². The van der Waals surface area contributed by atoms with Gasteiger partial charge < -0.3 is 15.5 Å². The summed E-state index contributed by atoms with van der Waals surface area (Å²) >= 11 is 0. The number of aliphatic hydroxyl groups excluding tert-OH is 2. The molecule has 5 nitrogen and oxygen atoms in total. The van der Waals surface area contributed by atoms with Crippen molar-refractivity contribution in [3.8, 4) is 0 Å².